The van der Waals surface area contributed by atoms with E-state index in [9.17, 15) is 0 Å². The predicted octanol–water partition coefficient (Wildman–Crippen LogP) is 4.53. The summed E-state index contributed by atoms with van der Waals surface area (Å²) in [5, 5.41) is 1.81. The van der Waals surface area contributed by atoms with E-state index in [1.54, 1.807) is 0 Å². The highest BCUT2D eigenvalue weighted by atomic mass is 35.5. The second kappa shape index (κ2) is 6.65. The Balaban J connectivity index is 1.74. The highest BCUT2D eigenvalue weighted by Gasteiger charge is 2.06. The second-order valence-electron chi connectivity index (χ2n) is 6.09. The van der Waals surface area contributed by atoms with Gasteiger partial charge >= 0.3 is 0 Å². The van der Waals surface area contributed by atoms with E-state index in [0.717, 1.165) is 46.1 Å². The maximum Gasteiger partial charge on any atom is 0.0706 e. The summed E-state index contributed by atoms with van der Waals surface area (Å²) >= 11 is 6.02. The zero-order chi connectivity index (χ0) is 16.4. The average Bonchev–Trinajstić information content (AvgIpc) is 2.46. The summed E-state index contributed by atoms with van der Waals surface area (Å²) in [6, 6.07) is 14.2. The number of aryl methyl sites for hydroxylation is 2. The first-order valence-electron chi connectivity index (χ1n) is 7.67. The van der Waals surface area contributed by atoms with Crippen molar-refractivity contribution in [2.75, 3.05) is 7.05 Å². The van der Waals surface area contributed by atoms with Gasteiger partial charge in [0, 0.05) is 29.2 Å². The van der Waals surface area contributed by atoms with Crippen LogP contribution >= 0.6 is 11.6 Å². The van der Waals surface area contributed by atoms with Crippen molar-refractivity contribution in [3.8, 4) is 0 Å². The van der Waals surface area contributed by atoms with Crippen LogP contribution in [0.15, 0.2) is 42.5 Å². The van der Waals surface area contributed by atoms with Crippen molar-refractivity contribution >= 4 is 22.5 Å². The number of pyridine rings is 2. The van der Waals surface area contributed by atoms with E-state index in [2.05, 4.69) is 48.1 Å². The topological polar surface area (TPSA) is 29.0 Å². The number of benzene rings is 1. The van der Waals surface area contributed by atoms with Gasteiger partial charge in [-0.05, 0) is 62.9 Å². The Morgan fingerprint density at radius 1 is 0.913 bits per heavy atom. The van der Waals surface area contributed by atoms with Gasteiger partial charge in [-0.3, -0.25) is 14.9 Å². The van der Waals surface area contributed by atoms with Gasteiger partial charge in [-0.15, -0.1) is 0 Å². The monoisotopic (exact) mass is 325 g/mol. The van der Waals surface area contributed by atoms with Gasteiger partial charge in [0.05, 0.1) is 16.9 Å². The van der Waals surface area contributed by atoms with Crippen LogP contribution in [-0.4, -0.2) is 21.9 Å². The van der Waals surface area contributed by atoms with Gasteiger partial charge in [-0.2, -0.15) is 0 Å². The van der Waals surface area contributed by atoms with Crippen molar-refractivity contribution in [3.63, 3.8) is 0 Å². The number of hydrogen-bond donors (Lipinski definition) is 0. The minimum Gasteiger partial charge on any atom is -0.295 e. The molecule has 3 rings (SSSR count). The Kier molecular flexibility index (Phi) is 4.60. The lowest BCUT2D eigenvalue weighted by Gasteiger charge is -2.16. The molecular formula is C19H20ClN3. The molecule has 0 amide bonds. The molecule has 0 saturated heterocycles. The van der Waals surface area contributed by atoms with Crippen LogP contribution in [0, 0.1) is 13.8 Å². The van der Waals surface area contributed by atoms with Crippen molar-refractivity contribution in [1.82, 2.24) is 14.9 Å². The lowest BCUT2D eigenvalue weighted by Crippen LogP contribution is -2.19. The number of aromatic nitrogens is 2. The molecule has 0 aliphatic carbocycles. The molecule has 2 heterocycles. The van der Waals surface area contributed by atoms with Crippen LogP contribution in [0.5, 0.6) is 0 Å². The molecule has 0 atom stereocenters. The molecule has 2 aromatic heterocycles. The van der Waals surface area contributed by atoms with Gasteiger partial charge in [0.2, 0.25) is 0 Å². The quantitative estimate of drug-likeness (QED) is 0.705. The fraction of sp³-hybridized carbons (Fsp3) is 0.263. The summed E-state index contributed by atoms with van der Waals surface area (Å²) in [7, 11) is 2.09. The van der Waals surface area contributed by atoms with Gasteiger partial charge < -0.3 is 0 Å². The minimum absolute atomic E-state index is 0.741. The Morgan fingerprint density at radius 3 is 2.48 bits per heavy atom. The van der Waals surface area contributed by atoms with Crippen LogP contribution < -0.4 is 0 Å². The Morgan fingerprint density at radius 2 is 1.70 bits per heavy atom. The molecular weight excluding hydrogens is 306 g/mol. The molecule has 1 aromatic carbocycles. The van der Waals surface area contributed by atoms with E-state index >= 15 is 0 Å². The van der Waals surface area contributed by atoms with Crippen molar-refractivity contribution in [2.24, 2.45) is 0 Å². The lowest BCUT2D eigenvalue weighted by molar-refractivity contribution is 0.311. The molecule has 0 fully saturated rings. The highest BCUT2D eigenvalue weighted by Crippen LogP contribution is 2.18. The fourth-order valence-corrected chi connectivity index (χ4v) is 3.02. The number of fused-ring (bicyclic) bond motifs is 1. The molecule has 0 saturated carbocycles. The second-order valence-corrected chi connectivity index (χ2v) is 6.53. The molecule has 118 valence electrons. The van der Waals surface area contributed by atoms with E-state index in [1.807, 2.05) is 25.1 Å². The minimum atomic E-state index is 0.741. The number of rotatable bonds is 4. The number of hydrogen-bond acceptors (Lipinski definition) is 3. The summed E-state index contributed by atoms with van der Waals surface area (Å²) in [4.78, 5) is 11.5. The Labute approximate surface area is 141 Å². The molecule has 0 aliphatic rings. The smallest absolute Gasteiger partial charge is 0.0706 e. The molecule has 0 N–H and O–H groups in total. The van der Waals surface area contributed by atoms with Crippen molar-refractivity contribution < 1.29 is 0 Å². The average molecular weight is 326 g/mol. The first kappa shape index (κ1) is 15.9. The summed E-state index contributed by atoms with van der Waals surface area (Å²) < 4.78 is 0. The van der Waals surface area contributed by atoms with Crippen molar-refractivity contribution in [1.29, 1.82) is 0 Å². The molecule has 4 heteroatoms. The van der Waals surface area contributed by atoms with Crippen molar-refractivity contribution in [2.45, 2.75) is 26.9 Å². The highest BCUT2D eigenvalue weighted by molar-refractivity contribution is 6.31. The predicted molar refractivity (Wildman–Crippen MR) is 95.6 cm³/mol. The molecule has 0 spiro atoms. The van der Waals surface area contributed by atoms with Crippen LogP contribution in [0.2, 0.25) is 5.02 Å². The van der Waals surface area contributed by atoms with Gasteiger partial charge in [-0.25, -0.2) is 0 Å². The third-order valence-corrected chi connectivity index (χ3v) is 3.96. The zero-order valence-corrected chi connectivity index (χ0v) is 14.4. The van der Waals surface area contributed by atoms with Gasteiger partial charge in [-0.1, -0.05) is 17.7 Å². The molecule has 0 unspecified atom stereocenters. The summed E-state index contributed by atoms with van der Waals surface area (Å²) in [6.07, 6.45) is 0. The van der Waals surface area contributed by atoms with E-state index in [-0.39, 0.29) is 0 Å². The molecule has 0 aliphatic heterocycles. The number of nitrogens with zero attached hydrogens (tertiary/aromatic N) is 3. The van der Waals surface area contributed by atoms with Crippen LogP contribution in [0.4, 0.5) is 0 Å². The summed E-state index contributed by atoms with van der Waals surface area (Å²) in [6.45, 7) is 5.73. The Hall–Kier alpha value is -1.97. The molecule has 0 radical (unpaired) electrons. The van der Waals surface area contributed by atoms with Gasteiger partial charge in [0.1, 0.15) is 0 Å². The standard InChI is InChI=1S/C19H20ClN3/c1-13-8-14(2)21-18(9-13)12-23(3)11-17-6-4-15-10-16(20)5-7-19(15)22-17/h4-10H,11-12H2,1-3H3. The molecule has 23 heavy (non-hydrogen) atoms. The molecule has 3 nitrogen and oxygen atoms in total. The fourth-order valence-electron chi connectivity index (χ4n) is 2.84. The third kappa shape index (κ3) is 4.06. The first-order chi connectivity index (χ1) is 11.0. The van der Waals surface area contributed by atoms with Crippen LogP contribution in [0.25, 0.3) is 10.9 Å². The largest absolute Gasteiger partial charge is 0.295 e. The molecule has 0 bridgehead atoms. The van der Waals surface area contributed by atoms with Crippen LogP contribution in [-0.2, 0) is 13.1 Å². The summed E-state index contributed by atoms with van der Waals surface area (Å²) in [5.41, 5.74) is 5.44. The normalized spacial score (nSPS) is 11.3. The zero-order valence-electron chi connectivity index (χ0n) is 13.7. The third-order valence-electron chi connectivity index (χ3n) is 3.72. The maximum atomic E-state index is 6.02. The van der Waals surface area contributed by atoms with Gasteiger partial charge in [0.25, 0.3) is 0 Å². The maximum absolute atomic E-state index is 6.02. The lowest BCUT2D eigenvalue weighted by atomic mass is 10.2. The first-order valence-corrected chi connectivity index (χ1v) is 8.05. The summed E-state index contributed by atoms with van der Waals surface area (Å²) in [5.74, 6) is 0. The number of halogens is 1. The van der Waals surface area contributed by atoms with E-state index in [0.29, 0.717) is 0 Å². The van der Waals surface area contributed by atoms with Gasteiger partial charge in [0.15, 0.2) is 0 Å². The van der Waals surface area contributed by atoms with E-state index in [1.165, 1.54) is 5.56 Å². The van der Waals surface area contributed by atoms with Crippen molar-refractivity contribution in [3.05, 3.63) is 70.1 Å². The van der Waals surface area contributed by atoms with E-state index in [4.69, 9.17) is 16.6 Å². The van der Waals surface area contributed by atoms with Crippen LogP contribution in [0.3, 0.4) is 0 Å². The van der Waals surface area contributed by atoms with Crippen LogP contribution in [0.1, 0.15) is 22.6 Å². The van der Waals surface area contributed by atoms with E-state index < -0.39 is 0 Å². The Bertz CT molecular complexity index is 825. The SMILES string of the molecule is Cc1cc(C)nc(CN(C)Cc2ccc3cc(Cl)ccc3n2)c1. The molecule has 3 aromatic rings.